The quantitative estimate of drug-likeness (QED) is 0.514. The van der Waals surface area contributed by atoms with E-state index in [1.165, 1.54) is 0 Å². The van der Waals surface area contributed by atoms with Crippen LogP contribution in [0.4, 0.5) is 0 Å². The minimum atomic E-state index is -1.77. The molecule has 0 spiro atoms. The van der Waals surface area contributed by atoms with Gasteiger partial charge in [0, 0.05) is 37.6 Å². The second-order valence-electron chi connectivity index (χ2n) is 8.41. The second-order valence-corrected chi connectivity index (χ2v) is 8.41. The fourth-order valence-corrected chi connectivity index (χ4v) is 4.46. The van der Waals surface area contributed by atoms with Crippen LogP contribution in [0.5, 0.6) is 0 Å². The molecule has 168 valence electrons. The van der Waals surface area contributed by atoms with E-state index in [1.807, 2.05) is 53.2 Å². The molecule has 7 nitrogen and oxygen atoms in total. The average molecular weight is 443 g/mol. The van der Waals surface area contributed by atoms with E-state index in [2.05, 4.69) is 9.97 Å². The summed E-state index contributed by atoms with van der Waals surface area (Å²) in [6.07, 6.45) is 8.00. The molecule has 1 fully saturated rings. The molecule has 1 aliphatic rings. The summed E-state index contributed by atoms with van der Waals surface area (Å²) in [6, 6.07) is 18.3. The van der Waals surface area contributed by atoms with Crippen molar-refractivity contribution in [1.82, 2.24) is 19.3 Å². The summed E-state index contributed by atoms with van der Waals surface area (Å²) in [6.45, 7) is 1.86. The maximum atomic E-state index is 13.9. The highest BCUT2D eigenvalue weighted by Crippen LogP contribution is 2.32. The van der Waals surface area contributed by atoms with E-state index < -0.39 is 5.60 Å². The van der Waals surface area contributed by atoms with Gasteiger partial charge in [-0.2, -0.15) is 0 Å². The number of nitrogens with zero attached hydrogens (tertiary/aromatic N) is 4. The summed E-state index contributed by atoms with van der Waals surface area (Å²) >= 11 is 0. The second kappa shape index (κ2) is 9.13. The highest BCUT2D eigenvalue weighted by atomic mass is 16.5. The minimum Gasteiger partial charge on any atom is -0.379 e. The number of amides is 1. The molecule has 3 heterocycles. The van der Waals surface area contributed by atoms with Gasteiger partial charge >= 0.3 is 0 Å². The number of imidazole rings is 1. The van der Waals surface area contributed by atoms with Gasteiger partial charge < -0.3 is 19.1 Å². The maximum Gasteiger partial charge on any atom is 0.264 e. The zero-order valence-corrected chi connectivity index (χ0v) is 18.2. The molecule has 33 heavy (non-hydrogen) atoms. The Morgan fingerprint density at radius 2 is 1.76 bits per heavy atom. The largest absolute Gasteiger partial charge is 0.379 e. The molecule has 0 bridgehead atoms. The lowest BCUT2D eigenvalue weighted by molar-refractivity contribution is -0.148. The van der Waals surface area contributed by atoms with Gasteiger partial charge in [0.05, 0.1) is 25.1 Å². The Labute approximate surface area is 192 Å². The van der Waals surface area contributed by atoms with Crippen molar-refractivity contribution in [2.45, 2.75) is 12.0 Å². The fourth-order valence-electron chi connectivity index (χ4n) is 4.46. The van der Waals surface area contributed by atoms with E-state index in [-0.39, 0.29) is 11.8 Å². The van der Waals surface area contributed by atoms with E-state index in [0.717, 1.165) is 11.3 Å². The van der Waals surface area contributed by atoms with Crippen LogP contribution in [0.3, 0.4) is 0 Å². The molecular weight excluding hydrogens is 416 g/mol. The molecule has 4 aromatic rings. The van der Waals surface area contributed by atoms with Gasteiger partial charge in [0.2, 0.25) is 0 Å². The SMILES string of the molecule is O=C(N1CCOC[C@H](Cc2cn3ccnc3cn2)C1)C(O)(c1ccccc1)c1ccccc1. The van der Waals surface area contributed by atoms with Crippen molar-refractivity contribution in [3.05, 3.63) is 102 Å². The molecule has 5 rings (SSSR count). The van der Waals surface area contributed by atoms with Gasteiger partial charge in [0.15, 0.2) is 11.2 Å². The van der Waals surface area contributed by atoms with Crippen LogP contribution in [0.15, 0.2) is 85.5 Å². The lowest BCUT2D eigenvalue weighted by Crippen LogP contribution is -2.49. The summed E-state index contributed by atoms with van der Waals surface area (Å²) in [4.78, 5) is 24.4. The molecule has 7 heteroatoms. The predicted molar refractivity (Wildman–Crippen MR) is 123 cm³/mol. The van der Waals surface area contributed by atoms with Crippen molar-refractivity contribution in [2.24, 2.45) is 5.92 Å². The fraction of sp³-hybridized carbons (Fsp3) is 0.269. The molecule has 1 N–H and O–H groups in total. The predicted octanol–water partition coefficient (Wildman–Crippen LogP) is 2.68. The third-order valence-electron chi connectivity index (χ3n) is 6.15. The number of hydrogen-bond donors (Lipinski definition) is 1. The summed E-state index contributed by atoms with van der Waals surface area (Å²) in [7, 11) is 0. The van der Waals surface area contributed by atoms with Gasteiger partial charge in [-0.15, -0.1) is 0 Å². The van der Waals surface area contributed by atoms with Gasteiger partial charge in [0.1, 0.15) is 0 Å². The lowest BCUT2D eigenvalue weighted by Gasteiger charge is -2.34. The topological polar surface area (TPSA) is 80.0 Å². The van der Waals surface area contributed by atoms with Gasteiger partial charge in [-0.05, 0) is 17.5 Å². The molecule has 0 aliphatic carbocycles. The summed E-state index contributed by atoms with van der Waals surface area (Å²) in [5.41, 5.74) is 1.03. The van der Waals surface area contributed by atoms with Crippen LogP contribution in [0.25, 0.3) is 5.65 Å². The van der Waals surface area contributed by atoms with Crippen LogP contribution >= 0.6 is 0 Å². The normalized spacial score (nSPS) is 17.1. The highest BCUT2D eigenvalue weighted by Gasteiger charge is 2.43. The summed E-state index contributed by atoms with van der Waals surface area (Å²) < 4.78 is 7.77. The summed E-state index contributed by atoms with van der Waals surface area (Å²) in [5, 5.41) is 11.9. The molecule has 0 unspecified atom stereocenters. The molecule has 2 aromatic carbocycles. The summed E-state index contributed by atoms with van der Waals surface area (Å²) in [5.74, 6) is -0.283. The van der Waals surface area contributed by atoms with Crippen LogP contribution in [0, 0.1) is 5.92 Å². The minimum absolute atomic E-state index is 0.0562. The van der Waals surface area contributed by atoms with E-state index >= 15 is 0 Å². The Bertz CT molecular complexity index is 1190. The molecule has 0 saturated carbocycles. The number of carbonyl (C=O) groups is 1. The number of ether oxygens (including phenoxy) is 1. The number of rotatable bonds is 5. The number of aromatic nitrogens is 3. The number of fused-ring (bicyclic) bond motifs is 1. The average Bonchev–Trinajstić information content (AvgIpc) is 3.21. The number of hydrogen-bond acceptors (Lipinski definition) is 5. The zero-order chi connectivity index (χ0) is 22.7. The van der Waals surface area contributed by atoms with Crippen LogP contribution in [-0.4, -0.2) is 56.6 Å². The van der Waals surface area contributed by atoms with E-state index in [4.69, 9.17) is 4.74 Å². The standard InChI is InChI=1S/C26H26N4O3/c31-25(26(32,21-7-3-1-4-8-21)22-9-5-2-6-10-22)30-13-14-33-19-20(17-30)15-23-18-29-12-11-27-24(29)16-28-23/h1-12,16,18,20,32H,13-15,17,19H2/t20-/m1/s1. The molecule has 1 atom stereocenters. The first-order chi connectivity index (χ1) is 16.1. The Morgan fingerprint density at radius 3 is 2.45 bits per heavy atom. The van der Waals surface area contributed by atoms with Crippen molar-refractivity contribution in [3.8, 4) is 0 Å². The van der Waals surface area contributed by atoms with Crippen LogP contribution < -0.4 is 0 Å². The van der Waals surface area contributed by atoms with Crippen molar-refractivity contribution < 1.29 is 14.6 Å². The van der Waals surface area contributed by atoms with Crippen LogP contribution in [0.2, 0.25) is 0 Å². The van der Waals surface area contributed by atoms with Gasteiger partial charge in [-0.1, -0.05) is 60.7 Å². The number of benzene rings is 2. The van der Waals surface area contributed by atoms with Crippen molar-refractivity contribution in [1.29, 1.82) is 0 Å². The first-order valence-corrected chi connectivity index (χ1v) is 11.1. The lowest BCUT2D eigenvalue weighted by atomic mass is 9.84. The first-order valence-electron chi connectivity index (χ1n) is 11.1. The van der Waals surface area contributed by atoms with E-state index in [1.54, 1.807) is 41.6 Å². The number of carbonyl (C=O) groups excluding carboxylic acids is 1. The number of aliphatic hydroxyl groups is 1. The molecule has 0 radical (unpaired) electrons. The molecule has 2 aromatic heterocycles. The van der Waals surface area contributed by atoms with Crippen LogP contribution in [-0.2, 0) is 21.6 Å². The highest BCUT2D eigenvalue weighted by molar-refractivity contribution is 5.90. The molecule has 1 amide bonds. The smallest absolute Gasteiger partial charge is 0.264 e. The van der Waals surface area contributed by atoms with Gasteiger partial charge in [-0.25, -0.2) is 4.98 Å². The Hall–Kier alpha value is -3.55. The monoisotopic (exact) mass is 442 g/mol. The van der Waals surface area contributed by atoms with Gasteiger partial charge in [0.25, 0.3) is 5.91 Å². The third-order valence-corrected chi connectivity index (χ3v) is 6.15. The van der Waals surface area contributed by atoms with Gasteiger partial charge in [-0.3, -0.25) is 9.78 Å². The van der Waals surface area contributed by atoms with Crippen LogP contribution in [0.1, 0.15) is 16.8 Å². The van der Waals surface area contributed by atoms with Crippen molar-refractivity contribution >= 4 is 11.6 Å². The Balaban J connectivity index is 1.42. The third kappa shape index (κ3) is 4.25. The first kappa shape index (κ1) is 21.3. The van der Waals surface area contributed by atoms with Crippen molar-refractivity contribution in [2.75, 3.05) is 26.3 Å². The molecular formula is C26H26N4O3. The zero-order valence-electron chi connectivity index (χ0n) is 18.2. The van der Waals surface area contributed by atoms with E-state index in [9.17, 15) is 9.90 Å². The maximum absolute atomic E-state index is 13.9. The Kier molecular flexibility index (Phi) is 5.90. The van der Waals surface area contributed by atoms with E-state index in [0.29, 0.717) is 43.9 Å². The molecule has 1 saturated heterocycles. The Morgan fingerprint density at radius 1 is 1.06 bits per heavy atom. The molecule has 1 aliphatic heterocycles. The van der Waals surface area contributed by atoms with Crippen molar-refractivity contribution in [3.63, 3.8) is 0 Å².